The first-order valence-corrected chi connectivity index (χ1v) is 13.8. The molecule has 2 aromatic rings. The van der Waals surface area contributed by atoms with Gasteiger partial charge in [-0.3, -0.25) is 0 Å². The smallest absolute Gasteiger partial charge is 0.337 e. The van der Waals surface area contributed by atoms with Gasteiger partial charge in [-0.15, -0.1) is 0 Å². The SMILES string of the molecule is COC(=O)c1ccc(CNS(=O)(=O)CCc2cccc(CC3CNCCS3(=O)=O)c2)c(F)c1. The summed E-state index contributed by atoms with van der Waals surface area (Å²) in [6.07, 6.45) is 0.595. The Morgan fingerprint density at radius 1 is 1.21 bits per heavy atom. The second kappa shape index (κ2) is 10.7. The van der Waals surface area contributed by atoms with Crippen molar-refractivity contribution in [2.24, 2.45) is 0 Å². The molecule has 1 fully saturated rings. The van der Waals surface area contributed by atoms with Crippen molar-refractivity contribution in [3.63, 3.8) is 0 Å². The fraction of sp³-hybridized carbons (Fsp3) is 0.409. The molecule has 0 spiro atoms. The van der Waals surface area contributed by atoms with Crippen molar-refractivity contribution < 1.29 is 30.8 Å². The van der Waals surface area contributed by atoms with Gasteiger partial charge in [-0.2, -0.15) is 0 Å². The molecule has 11 heteroatoms. The number of sulfonamides is 1. The van der Waals surface area contributed by atoms with E-state index in [4.69, 9.17) is 0 Å². The zero-order valence-corrected chi connectivity index (χ0v) is 19.8. The van der Waals surface area contributed by atoms with Gasteiger partial charge in [-0.1, -0.05) is 30.3 Å². The Bertz CT molecular complexity index is 1220. The van der Waals surface area contributed by atoms with Gasteiger partial charge in [-0.05, 0) is 36.1 Å². The van der Waals surface area contributed by atoms with Gasteiger partial charge in [0.25, 0.3) is 0 Å². The van der Waals surface area contributed by atoms with Gasteiger partial charge < -0.3 is 10.1 Å². The number of methoxy groups -OCH3 is 1. The summed E-state index contributed by atoms with van der Waals surface area (Å²) in [6.45, 7) is 0.618. The van der Waals surface area contributed by atoms with Gasteiger partial charge in [0.2, 0.25) is 10.0 Å². The van der Waals surface area contributed by atoms with E-state index in [0.29, 0.717) is 19.5 Å². The van der Waals surface area contributed by atoms with Crippen molar-refractivity contribution in [1.82, 2.24) is 10.0 Å². The first-order chi connectivity index (χ1) is 15.6. The van der Waals surface area contributed by atoms with Crippen molar-refractivity contribution in [3.8, 4) is 0 Å². The fourth-order valence-corrected chi connectivity index (χ4v) is 6.20. The summed E-state index contributed by atoms with van der Waals surface area (Å²) in [5, 5.41) is 2.60. The third-order valence-corrected chi connectivity index (χ3v) is 8.96. The Balaban J connectivity index is 1.57. The molecule has 1 saturated heterocycles. The Morgan fingerprint density at radius 3 is 2.67 bits per heavy atom. The lowest BCUT2D eigenvalue weighted by Gasteiger charge is -2.23. The Hall–Kier alpha value is -2.34. The van der Waals surface area contributed by atoms with E-state index >= 15 is 0 Å². The summed E-state index contributed by atoms with van der Waals surface area (Å²) < 4.78 is 70.3. The van der Waals surface area contributed by atoms with E-state index < -0.39 is 36.9 Å². The van der Waals surface area contributed by atoms with Crippen LogP contribution in [0.1, 0.15) is 27.0 Å². The lowest BCUT2D eigenvalue weighted by Crippen LogP contribution is -2.44. The average Bonchev–Trinajstić information content (AvgIpc) is 2.78. The normalized spacial score (nSPS) is 18.1. The first kappa shape index (κ1) is 25.3. The van der Waals surface area contributed by atoms with Gasteiger partial charge >= 0.3 is 5.97 Å². The van der Waals surface area contributed by atoms with Crippen molar-refractivity contribution in [1.29, 1.82) is 0 Å². The summed E-state index contributed by atoms with van der Waals surface area (Å²) in [5.41, 5.74) is 1.75. The predicted molar refractivity (Wildman–Crippen MR) is 123 cm³/mol. The fourth-order valence-electron chi connectivity index (χ4n) is 3.59. The van der Waals surface area contributed by atoms with Gasteiger partial charge in [0, 0.05) is 25.2 Å². The molecule has 2 aromatic carbocycles. The molecular formula is C22H27FN2O6S2. The van der Waals surface area contributed by atoms with E-state index in [1.54, 1.807) is 12.1 Å². The van der Waals surface area contributed by atoms with Crippen LogP contribution < -0.4 is 10.0 Å². The molecule has 0 radical (unpaired) electrons. The highest BCUT2D eigenvalue weighted by Gasteiger charge is 2.28. The lowest BCUT2D eigenvalue weighted by atomic mass is 10.0. The number of esters is 1. The quantitative estimate of drug-likeness (QED) is 0.499. The number of nitrogens with one attached hydrogen (secondary N) is 2. The molecule has 1 heterocycles. The van der Waals surface area contributed by atoms with Crippen LogP contribution in [0.2, 0.25) is 0 Å². The minimum absolute atomic E-state index is 0.0401. The molecule has 0 aliphatic carbocycles. The van der Waals surface area contributed by atoms with E-state index in [-0.39, 0.29) is 35.6 Å². The van der Waals surface area contributed by atoms with Crippen molar-refractivity contribution in [3.05, 3.63) is 70.5 Å². The van der Waals surface area contributed by atoms with E-state index in [0.717, 1.165) is 17.2 Å². The molecular weight excluding hydrogens is 471 g/mol. The molecule has 0 amide bonds. The van der Waals surface area contributed by atoms with Gasteiger partial charge in [0.15, 0.2) is 9.84 Å². The number of halogens is 1. The molecule has 1 aliphatic rings. The topological polar surface area (TPSA) is 119 Å². The number of carbonyl (C=O) groups excluding carboxylic acids is 1. The molecule has 180 valence electrons. The van der Waals surface area contributed by atoms with Crippen molar-refractivity contribution in [2.45, 2.75) is 24.6 Å². The molecule has 0 bridgehead atoms. The van der Waals surface area contributed by atoms with E-state index in [9.17, 15) is 26.0 Å². The highest BCUT2D eigenvalue weighted by Crippen LogP contribution is 2.16. The van der Waals surface area contributed by atoms with E-state index in [1.165, 1.54) is 19.2 Å². The average molecular weight is 499 g/mol. The summed E-state index contributed by atoms with van der Waals surface area (Å²) in [5.74, 6) is -1.48. The second-order valence-electron chi connectivity index (χ2n) is 7.90. The number of aryl methyl sites for hydroxylation is 1. The van der Waals surface area contributed by atoms with Crippen molar-refractivity contribution in [2.75, 3.05) is 31.7 Å². The number of carbonyl (C=O) groups is 1. The minimum Gasteiger partial charge on any atom is -0.465 e. The maximum Gasteiger partial charge on any atom is 0.337 e. The van der Waals surface area contributed by atoms with Crippen LogP contribution in [-0.2, 0) is 44.0 Å². The van der Waals surface area contributed by atoms with Crippen LogP contribution in [0, 0.1) is 5.82 Å². The second-order valence-corrected chi connectivity index (χ2v) is 12.2. The summed E-state index contributed by atoms with van der Waals surface area (Å²) in [6, 6.07) is 10.9. The molecule has 8 nitrogen and oxygen atoms in total. The number of ether oxygens (including phenoxy) is 1. The van der Waals surface area contributed by atoms with Crippen molar-refractivity contribution >= 4 is 25.8 Å². The number of hydrogen-bond acceptors (Lipinski definition) is 7. The maximum absolute atomic E-state index is 14.2. The number of sulfone groups is 1. The predicted octanol–water partition coefficient (Wildman–Crippen LogP) is 1.20. The molecule has 1 aliphatic heterocycles. The van der Waals surface area contributed by atoms with Crippen LogP contribution in [0.3, 0.4) is 0 Å². The van der Waals surface area contributed by atoms with Crippen LogP contribution in [0.4, 0.5) is 4.39 Å². The molecule has 1 unspecified atom stereocenters. The van der Waals surface area contributed by atoms with E-state index in [1.807, 2.05) is 12.1 Å². The third-order valence-electron chi connectivity index (χ3n) is 5.51. The molecule has 0 aromatic heterocycles. The van der Waals surface area contributed by atoms with Crippen LogP contribution in [0.15, 0.2) is 42.5 Å². The Kier molecular flexibility index (Phi) is 8.22. The Morgan fingerprint density at radius 2 is 1.97 bits per heavy atom. The molecule has 2 N–H and O–H groups in total. The minimum atomic E-state index is -3.70. The van der Waals surface area contributed by atoms with Crippen LogP contribution in [-0.4, -0.2) is 59.8 Å². The molecule has 1 atom stereocenters. The number of rotatable bonds is 9. The Labute approximate surface area is 193 Å². The lowest BCUT2D eigenvalue weighted by molar-refractivity contribution is 0.0600. The largest absolute Gasteiger partial charge is 0.465 e. The summed E-state index contributed by atoms with van der Waals surface area (Å²) in [4.78, 5) is 11.4. The highest BCUT2D eigenvalue weighted by molar-refractivity contribution is 7.92. The zero-order chi connectivity index (χ0) is 24.1. The third kappa shape index (κ3) is 7.07. The van der Waals surface area contributed by atoms with Crippen LogP contribution in [0.5, 0.6) is 0 Å². The van der Waals surface area contributed by atoms with Gasteiger partial charge in [0.1, 0.15) is 5.82 Å². The number of benzene rings is 2. The van der Waals surface area contributed by atoms with E-state index in [2.05, 4.69) is 14.8 Å². The van der Waals surface area contributed by atoms with Crippen LogP contribution in [0.25, 0.3) is 0 Å². The first-order valence-electron chi connectivity index (χ1n) is 10.4. The summed E-state index contributed by atoms with van der Waals surface area (Å²) >= 11 is 0. The highest BCUT2D eigenvalue weighted by atomic mass is 32.2. The zero-order valence-electron chi connectivity index (χ0n) is 18.2. The maximum atomic E-state index is 14.2. The molecule has 3 rings (SSSR count). The van der Waals surface area contributed by atoms with Crippen LogP contribution >= 0.6 is 0 Å². The molecule has 0 saturated carbocycles. The van der Waals surface area contributed by atoms with Gasteiger partial charge in [-0.25, -0.2) is 30.7 Å². The standard InChI is InChI=1S/C22H27FN2O6S2/c1-31-22(26)18-5-6-19(21(23)13-18)14-25-33(29,30)9-7-16-3-2-4-17(11-16)12-20-15-24-8-10-32(20,27)28/h2-6,11,13,20,24-25H,7-10,12,14-15H2,1H3. The monoisotopic (exact) mass is 498 g/mol. The molecule has 33 heavy (non-hydrogen) atoms. The number of hydrogen-bond donors (Lipinski definition) is 2. The van der Waals surface area contributed by atoms with Gasteiger partial charge in [0.05, 0.1) is 29.4 Å². The summed E-state index contributed by atoms with van der Waals surface area (Å²) in [7, 11) is -5.65.